The van der Waals surface area contributed by atoms with Crippen LogP contribution in [0, 0.1) is 0 Å². The van der Waals surface area contributed by atoms with Crippen molar-refractivity contribution in [2.24, 2.45) is 0 Å². The van der Waals surface area contributed by atoms with E-state index in [2.05, 4.69) is 19.2 Å². The van der Waals surface area contributed by atoms with E-state index in [4.69, 9.17) is 0 Å². The van der Waals surface area contributed by atoms with Crippen LogP contribution >= 0.6 is 0 Å². The Kier molecular flexibility index (Phi) is 6.60. The van der Waals surface area contributed by atoms with Gasteiger partial charge in [-0.15, -0.1) is 0 Å². The van der Waals surface area contributed by atoms with Gasteiger partial charge in [0.05, 0.1) is 5.75 Å². The Morgan fingerprint density at radius 2 is 2.00 bits per heavy atom. The second kappa shape index (κ2) is 7.46. The molecule has 1 saturated heterocycles. The maximum atomic E-state index is 12.2. The maximum Gasteiger partial charge on any atom is 0.214 e. The van der Waals surface area contributed by atoms with Gasteiger partial charge in [0.2, 0.25) is 10.0 Å². The second-order valence-corrected chi connectivity index (χ2v) is 7.63. The Bertz CT molecular complexity index is 328. The Morgan fingerprint density at radius 3 is 2.61 bits per heavy atom. The first-order valence-corrected chi connectivity index (χ1v) is 8.77. The molecule has 0 saturated carbocycles. The van der Waals surface area contributed by atoms with Gasteiger partial charge >= 0.3 is 0 Å². The molecule has 0 amide bonds. The number of hydrogen-bond donors (Lipinski definition) is 1. The minimum Gasteiger partial charge on any atom is -0.315 e. The molecule has 1 heterocycles. The first kappa shape index (κ1) is 15.9. The van der Waals surface area contributed by atoms with Crippen molar-refractivity contribution in [3.05, 3.63) is 0 Å². The molecule has 0 spiro atoms. The average Bonchev–Trinajstić information content (AvgIpc) is 2.28. The fourth-order valence-electron chi connectivity index (χ4n) is 2.40. The highest BCUT2D eigenvalue weighted by Gasteiger charge is 2.28. The molecule has 0 aromatic heterocycles. The fraction of sp³-hybridized carbons (Fsp3) is 1.00. The molecule has 0 aromatic carbocycles. The Hall–Kier alpha value is -0.130. The molecule has 1 rings (SSSR count). The van der Waals surface area contributed by atoms with Gasteiger partial charge < -0.3 is 5.32 Å². The normalized spacial score (nSPS) is 22.6. The topological polar surface area (TPSA) is 49.4 Å². The van der Waals surface area contributed by atoms with E-state index in [9.17, 15) is 8.42 Å². The van der Waals surface area contributed by atoms with Crippen LogP contribution in [0.4, 0.5) is 0 Å². The second-order valence-electron chi connectivity index (χ2n) is 5.59. The van der Waals surface area contributed by atoms with Gasteiger partial charge in [0.15, 0.2) is 0 Å². The molecule has 0 aliphatic carbocycles. The van der Waals surface area contributed by atoms with Crippen molar-refractivity contribution < 1.29 is 8.42 Å². The molecule has 0 bridgehead atoms. The zero-order valence-corrected chi connectivity index (χ0v) is 12.8. The van der Waals surface area contributed by atoms with Crippen molar-refractivity contribution >= 4 is 10.0 Å². The largest absolute Gasteiger partial charge is 0.315 e. The first-order chi connectivity index (χ1) is 8.43. The molecule has 1 aliphatic rings. The van der Waals surface area contributed by atoms with Crippen LogP contribution in [0.15, 0.2) is 0 Å². The van der Waals surface area contributed by atoms with Gasteiger partial charge in [0.25, 0.3) is 0 Å². The van der Waals surface area contributed by atoms with Crippen LogP contribution in [0.2, 0.25) is 0 Å². The van der Waals surface area contributed by atoms with Crippen molar-refractivity contribution in [1.82, 2.24) is 9.62 Å². The lowest BCUT2D eigenvalue weighted by molar-refractivity contribution is 0.268. The van der Waals surface area contributed by atoms with Gasteiger partial charge in [-0.1, -0.05) is 20.3 Å². The summed E-state index contributed by atoms with van der Waals surface area (Å²) in [4.78, 5) is 0. The molecule has 5 heteroatoms. The number of hydrogen-bond acceptors (Lipinski definition) is 3. The summed E-state index contributed by atoms with van der Waals surface area (Å²) in [6.45, 7) is 7.85. The minimum absolute atomic E-state index is 0.192. The van der Waals surface area contributed by atoms with Crippen molar-refractivity contribution in [3.63, 3.8) is 0 Å². The highest BCUT2D eigenvalue weighted by Crippen LogP contribution is 2.20. The molecule has 1 unspecified atom stereocenters. The van der Waals surface area contributed by atoms with Gasteiger partial charge in [-0.25, -0.2) is 8.42 Å². The molecule has 1 N–H and O–H groups in total. The van der Waals surface area contributed by atoms with Crippen LogP contribution in [0.3, 0.4) is 0 Å². The molecule has 4 nitrogen and oxygen atoms in total. The predicted molar refractivity (Wildman–Crippen MR) is 76.2 cm³/mol. The van der Waals surface area contributed by atoms with E-state index in [0.717, 1.165) is 38.6 Å². The molecular formula is C13H28N2O2S. The van der Waals surface area contributed by atoms with Gasteiger partial charge in [0.1, 0.15) is 0 Å². The summed E-state index contributed by atoms with van der Waals surface area (Å²) in [6, 6.07) is 0.668. The van der Waals surface area contributed by atoms with E-state index in [1.807, 2.05) is 6.92 Å². The predicted octanol–water partition coefficient (Wildman–Crippen LogP) is 1.97. The molecule has 0 aromatic rings. The fourth-order valence-corrected chi connectivity index (χ4v) is 4.27. The zero-order chi connectivity index (χ0) is 13.6. The van der Waals surface area contributed by atoms with E-state index < -0.39 is 10.0 Å². The van der Waals surface area contributed by atoms with E-state index in [1.54, 1.807) is 4.31 Å². The van der Waals surface area contributed by atoms with Gasteiger partial charge in [-0.05, 0) is 39.2 Å². The summed E-state index contributed by atoms with van der Waals surface area (Å²) in [7, 11) is -3.03. The summed E-state index contributed by atoms with van der Waals surface area (Å²) >= 11 is 0. The number of nitrogens with zero attached hydrogens (tertiary/aromatic N) is 1. The van der Waals surface area contributed by atoms with Crippen LogP contribution in [0.5, 0.6) is 0 Å². The Labute approximate surface area is 112 Å². The van der Waals surface area contributed by atoms with Crippen LogP contribution in [0.25, 0.3) is 0 Å². The third kappa shape index (κ3) is 5.24. The van der Waals surface area contributed by atoms with Gasteiger partial charge in [-0.2, -0.15) is 4.31 Å². The van der Waals surface area contributed by atoms with Crippen molar-refractivity contribution in [3.8, 4) is 0 Å². The SMILES string of the molecule is CC(C)NCCCCS(=O)(=O)N1CCCCC1C. The van der Waals surface area contributed by atoms with Crippen molar-refractivity contribution in [1.29, 1.82) is 0 Å². The maximum absolute atomic E-state index is 12.2. The van der Waals surface area contributed by atoms with Gasteiger partial charge in [0, 0.05) is 18.6 Å². The third-order valence-corrected chi connectivity index (χ3v) is 5.54. The number of piperidine rings is 1. The van der Waals surface area contributed by atoms with Crippen molar-refractivity contribution in [2.75, 3.05) is 18.8 Å². The van der Waals surface area contributed by atoms with Crippen molar-refractivity contribution in [2.45, 2.75) is 65.0 Å². The third-order valence-electron chi connectivity index (χ3n) is 3.48. The Morgan fingerprint density at radius 1 is 1.28 bits per heavy atom. The monoisotopic (exact) mass is 276 g/mol. The molecule has 1 atom stereocenters. The lowest BCUT2D eigenvalue weighted by Gasteiger charge is -2.32. The lowest BCUT2D eigenvalue weighted by Crippen LogP contribution is -2.43. The molecular weight excluding hydrogens is 248 g/mol. The van der Waals surface area contributed by atoms with Crippen LogP contribution in [-0.2, 0) is 10.0 Å². The standard InChI is InChI=1S/C13H28N2O2S/c1-12(2)14-9-5-7-11-18(16,17)15-10-6-4-8-13(15)3/h12-14H,4-11H2,1-3H3. The smallest absolute Gasteiger partial charge is 0.214 e. The number of rotatable bonds is 7. The summed E-state index contributed by atoms with van der Waals surface area (Å²) in [6.07, 6.45) is 4.86. The Balaban J connectivity index is 2.30. The van der Waals surface area contributed by atoms with E-state index >= 15 is 0 Å². The highest BCUT2D eigenvalue weighted by molar-refractivity contribution is 7.89. The van der Waals surface area contributed by atoms with E-state index in [0.29, 0.717) is 18.3 Å². The number of unbranched alkanes of at least 4 members (excludes halogenated alkanes) is 1. The summed E-state index contributed by atoms with van der Waals surface area (Å²) < 4.78 is 26.1. The summed E-state index contributed by atoms with van der Waals surface area (Å²) in [5, 5.41) is 3.31. The molecule has 0 radical (unpaired) electrons. The quantitative estimate of drug-likeness (QED) is 0.723. The molecule has 108 valence electrons. The van der Waals surface area contributed by atoms with E-state index in [-0.39, 0.29) is 6.04 Å². The van der Waals surface area contributed by atoms with Crippen LogP contribution in [0.1, 0.15) is 52.9 Å². The number of nitrogens with one attached hydrogen (secondary N) is 1. The average molecular weight is 276 g/mol. The highest BCUT2D eigenvalue weighted by atomic mass is 32.2. The summed E-state index contributed by atoms with van der Waals surface area (Å²) in [5.41, 5.74) is 0. The molecule has 1 aliphatic heterocycles. The van der Waals surface area contributed by atoms with Crippen LogP contribution in [-0.4, -0.2) is 43.6 Å². The lowest BCUT2D eigenvalue weighted by atomic mass is 10.1. The summed E-state index contributed by atoms with van der Waals surface area (Å²) in [5.74, 6) is 0.303. The van der Waals surface area contributed by atoms with Gasteiger partial charge in [-0.3, -0.25) is 0 Å². The minimum atomic E-state index is -3.03. The zero-order valence-electron chi connectivity index (χ0n) is 12.0. The van der Waals surface area contributed by atoms with Crippen LogP contribution < -0.4 is 5.32 Å². The van der Waals surface area contributed by atoms with E-state index in [1.165, 1.54) is 0 Å². The molecule has 1 fully saturated rings. The molecule has 18 heavy (non-hydrogen) atoms. The number of sulfonamides is 1. The first-order valence-electron chi connectivity index (χ1n) is 7.16.